The first-order chi connectivity index (χ1) is 9.12. The van der Waals surface area contributed by atoms with Crippen LogP contribution in [0.3, 0.4) is 0 Å². The number of halogens is 3. The number of carboxylic acids is 1. The smallest absolute Gasteiger partial charge is 0.406 e. The maximum Gasteiger partial charge on any atom is 0.406 e. The fourth-order valence-corrected chi connectivity index (χ4v) is 1.54. The first-order valence-electron chi connectivity index (χ1n) is 6.07. The van der Waals surface area contributed by atoms with Crippen LogP contribution in [0.25, 0.3) is 0 Å². The van der Waals surface area contributed by atoms with Gasteiger partial charge in [-0.25, -0.2) is 4.79 Å². The highest BCUT2D eigenvalue weighted by Gasteiger charge is 2.35. The van der Waals surface area contributed by atoms with Crippen molar-refractivity contribution in [3.05, 3.63) is 0 Å². The van der Waals surface area contributed by atoms with Crippen LogP contribution in [0.1, 0.15) is 20.3 Å². The lowest BCUT2D eigenvalue weighted by molar-refractivity contribution is -0.143. The lowest BCUT2D eigenvalue weighted by atomic mass is 10.2. The third-order valence-corrected chi connectivity index (χ3v) is 2.68. The zero-order valence-corrected chi connectivity index (χ0v) is 11.4. The minimum Gasteiger partial charge on any atom is -0.480 e. The fraction of sp³-hybridized carbons (Fsp3) is 0.818. The number of carboxylic acid groups (broad SMARTS) is 1. The molecule has 0 rings (SSSR count). The third kappa shape index (κ3) is 6.60. The van der Waals surface area contributed by atoms with E-state index < -0.39 is 50.5 Å². The second-order valence-corrected chi connectivity index (χ2v) is 4.32. The number of carbonyl (C=O) groups excluding carboxylic acids is 1. The molecular formula is C11H19F3N2O4. The Morgan fingerprint density at radius 2 is 1.85 bits per heavy atom. The zero-order chi connectivity index (χ0) is 15.9. The summed E-state index contributed by atoms with van der Waals surface area (Å²) < 4.78 is 37.2. The minimum atomic E-state index is -4.62. The minimum absolute atomic E-state index is 0.398. The summed E-state index contributed by atoms with van der Waals surface area (Å²) in [5.74, 6) is -1.31. The Balaban J connectivity index is 5.08. The lowest BCUT2D eigenvalue weighted by Gasteiger charge is -2.33. The Morgan fingerprint density at radius 1 is 1.30 bits per heavy atom. The molecule has 0 saturated heterocycles. The molecule has 6 nitrogen and oxygen atoms in total. The molecule has 2 amide bonds. The van der Waals surface area contributed by atoms with Crippen molar-refractivity contribution in [2.75, 3.05) is 26.2 Å². The van der Waals surface area contributed by atoms with Crippen LogP contribution in [0, 0.1) is 0 Å². The van der Waals surface area contributed by atoms with Gasteiger partial charge in [0.1, 0.15) is 13.1 Å². The van der Waals surface area contributed by atoms with Gasteiger partial charge in [-0.1, -0.05) is 6.92 Å². The normalized spacial score (nSPS) is 12.9. The van der Waals surface area contributed by atoms with Crippen LogP contribution in [-0.2, 0) is 4.79 Å². The highest BCUT2D eigenvalue weighted by atomic mass is 19.4. The van der Waals surface area contributed by atoms with Gasteiger partial charge < -0.3 is 20.0 Å². The van der Waals surface area contributed by atoms with Crippen molar-refractivity contribution in [1.82, 2.24) is 9.80 Å². The van der Waals surface area contributed by atoms with Crippen molar-refractivity contribution in [2.45, 2.75) is 32.5 Å². The number of aliphatic carboxylic acids is 1. The number of nitrogens with zero attached hydrogens (tertiary/aromatic N) is 2. The largest absolute Gasteiger partial charge is 0.480 e. The topological polar surface area (TPSA) is 81.1 Å². The van der Waals surface area contributed by atoms with Crippen molar-refractivity contribution in [1.29, 1.82) is 0 Å². The van der Waals surface area contributed by atoms with Gasteiger partial charge >= 0.3 is 18.2 Å². The van der Waals surface area contributed by atoms with Crippen molar-refractivity contribution in [3.63, 3.8) is 0 Å². The molecule has 0 heterocycles. The molecule has 0 aromatic rings. The van der Waals surface area contributed by atoms with Gasteiger partial charge in [-0.15, -0.1) is 0 Å². The summed E-state index contributed by atoms with van der Waals surface area (Å²) in [5.41, 5.74) is 0. The summed E-state index contributed by atoms with van der Waals surface area (Å²) in [6.07, 6.45) is -4.22. The zero-order valence-electron chi connectivity index (χ0n) is 11.4. The summed E-state index contributed by atoms with van der Waals surface area (Å²) in [6, 6.07) is -1.57. The van der Waals surface area contributed by atoms with E-state index in [1.54, 1.807) is 13.8 Å². The van der Waals surface area contributed by atoms with Crippen LogP contribution in [-0.4, -0.2) is 70.5 Å². The van der Waals surface area contributed by atoms with Crippen LogP contribution in [0.5, 0.6) is 0 Å². The quantitative estimate of drug-likeness (QED) is 0.739. The van der Waals surface area contributed by atoms with Gasteiger partial charge in [0.15, 0.2) is 0 Å². The van der Waals surface area contributed by atoms with E-state index in [4.69, 9.17) is 10.2 Å². The number of carbonyl (C=O) groups is 2. The number of aliphatic hydroxyl groups is 1. The summed E-state index contributed by atoms with van der Waals surface area (Å²) in [4.78, 5) is 24.0. The molecule has 0 aliphatic carbocycles. The molecule has 118 valence electrons. The molecule has 0 radical (unpaired) electrons. The SMILES string of the molecule is CCC(C)N(CC(=O)O)C(=O)N(CCO)CC(F)(F)F. The molecule has 20 heavy (non-hydrogen) atoms. The van der Waals surface area contributed by atoms with E-state index in [2.05, 4.69) is 0 Å². The predicted molar refractivity (Wildman–Crippen MR) is 64.2 cm³/mol. The second-order valence-electron chi connectivity index (χ2n) is 4.32. The Bertz CT molecular complexity index is 336. The number of rotatable bonds is 7. The summed E-state index contributed by atoms with van der Waals surface area (Å²) in [6.45, 7) is -0.126. The second kappa shape index (κ2) is 7.93. The Morgan fingerprint density at radius 3 is 2.20 bits per heavy atom. The number of aliphatic hydroxyl groups excluding tert-OH is 1. The van der Waals surface area contributed by atoms with Crippen molar-refractivity contribution in [3.8, 4) is 0 Å². The lowest BCUT2D eigenvalue weighted by Crippen LogP contribution is -2.52. The van der Waals surface area contributed by atoms with Crippen LogP contribution >= 0.6 is 0 Å². The maximum atomic E-state index is 12.4. The van der Waals surface area contributed by atoms with Crippen LogP contribution in [0.4, 0.5) is 18.0 Å². The van der Waals surface area contributed by atoms with E-state index in [0.717, 1.165) is 4.90 Å². The highest BCUT2D eigenvalue weighted by Crippen LogP contribution is 2.18. The molecule has 9 heteroatoms. The first-order valence-corrected chi connectivity index (χ1v) is 6.07. The fourth-order valence-electron chi connectivity index (χ4n) is 1.54. The summed E-state index contributed by atoms with van der Waals surface area (Å²) >= 11 is 0. The van der Waals surface area contributed by atoms with Crippen molar-refractivity contribution < 1.29 is 33.0 Å². The van der Waals surface area contributed by atoms with E-state index >= 15 is 0 Å². The number of amides is 2. The van der Waals surface area contributed by atoms with Gasteiger partial charge in [0.05, 0.1) is 6.61 Å². The molecule has 1 atom stereocenters. The van der Waals surface area contributed by atoms with Gasteiger partial charge in [-0.3, -0.25) is 4.79 Å². The molecule has 2 N–H and O–H groups in total. The summed E-state index contributed by atoms with van der Waals surface area (Å²) in [5, 5.41) is 17.5. The molecule has 0 saturated carbocycles. The Kier molecular flexibility index (Phi) is 7.33. The predicted octanol–water partition coefficient (Wildman–Crippen LogP) is 1.15. The van der Waals surface area contributed by atoms with Gasteiger partial charge in [0.2, 0.25) is 0 Å². The van der Waals surface area contributed by atoms with Gasteiger partial charge in [0.25, 0.3) is 0 Å². The standard InChI is InChI=1S/C11H19F3N2O4/c1-3-8(2)16(6-9(18)19)10(20)15(4-5-17)7-11(12,13)14/h8,17H,3-7H2,1-2H3,(H,18,19). The number of alkyl halides is 3. The number of hydrogen-bond acceptors (Lipinski definition) is 3. The van der Waals surface area contributed by atoms with Crippen LogP contribution < -0.4 is 0 Å². The molecule has 0 aliphatic rings. The van der Waals surface area contributed by atoms with Gasteiger partial charge in [0, 0.05) is 12.6 Å². The monoisotopic (exact) mass is 300 g/mol. The van der Waals surface area contributed by atoms with E-state index in [1.165, 1.54) is 0 Å². The van der Waals surface area contributed by atoms with Gasteiger partial charge in [-0.2, -0.15) is 13.2 Å². The maximum absolute atomic E-state index is 12.4. The molecule has 0 spiro atoms. The molecule has 1 unspecified atom stereocenters. The molecule has 0 aromatic carbocycles. The third-order valence-electron chi connectivity index (χ3n) is 2.68. The van der Waals surface area contributed by atoms with E-state index in [0.29, 0.717) is 11.3 Å². The van der Waals surface area contributed by atoms with E-state index in [-0.39, 0.29) is 0 Å². The molecule has 0 aliphatic heterocycles. The highest BCUT2D eigenvalue weighted by molar-refractivity contribution is 5.80. The molecule has 0 aromatic heterocycles. The Labute approximate surface area is 114 Å². The average molecular weight is 300 g/mol. The molecule has 0 fully saturated rings. The number of hydrogen-bond donors (Lipinski definition) is 2. The van der Waals surface area contributed by atoms with Crippen molar-refractivity contribution >= 4 is 12.0 Å². The first kappa shape index (κ1) is 18.5. The molecular weight excluding hydrogens is 281 g/mol. The number of urea groups is 1. The van der Waals surface area contributed by atoms with Gasteiger partial charge in [-0.05, 0) is 13.3 Å². The molecule has 0 bridgehead atoms. The van der Waals surface area contributed by atoms with Crippen LogP contribution in [0.15, 0.2) is 0 Å². The summed E-state index contributed by atoms with van der Waals surface area (Å²) in [7, 11) is 0. The van der Waals surface area contributed by atoms with Crippen molar-refractivity contribution in [2.24, 2.45) is 0 Å². The average Bonchev–Trinajstić information content (AvgIpc) is 2.32. The van der Waals surface area contributed by atoms with E-state index in [1.807, 2.05) is 0 Å². The van der Waals surface area contributed by atoms with E-state index in [9.17, 15) is 22.8 Å². The Hall–Kier alpha value is -1.51. The van der Waals surface area contributed by atoms with Crippen LogP contribution in [0.2, 0.25) is 0 Å².